The average Bonchev–Trinajstić information content (AvgIpc) is 3.08. The molecule has 150 valence electrons. The van der Waals surface area contributed by atoms with Crippen LogP contribution in [0.1, 0.15) is 42.5 Å². The fourth-order valence-electron chi connectivity index (χ4n) is 3.35. The monoisotopic (exact) mass is 402 g/mol. The molecule has 6 nitrogen and oxygen atoms in total. The number of nitrogens with zero attached hydrogens (tertiary/aromatic N) is 1. The summed E-state index contributed by atoms with van der Waals surface area (Å²) in [6.45, 7) is 6.40. The van der Waals surface area contributed by atoms with Crippen LogP contribution in [0.4, 0.5) is 5.69 Å². The zero-order valence-electron chi connectivity index (χ0n) is 16.7. The molecule has 1 atom stereocenters. The molecule has 0 aliphatic carbocycles. The van der Waals surface area contributed by atoms with Crippen LogP contribution in [0, 0.1) is 13.8 Å². The highest BCUT2D eigenvalue weighted by Crippen LogP contribution is 2.34. The summed E-state index contributed by atoms with van der Waals surface area (Å²) in [7, 11) is -2.26. The molecule has 1 heterocycles. The Balaban J connectivity index is 1.90. The van der Waals surface area contributed by atoms with Crippen molar-refractivity contribution in [1.29, 1.82) is 0 Å². The number of methoxy groups -OCH3 is 1. The Morgan fingerprint density at radius 2 is 1.86 bits per heavy atom. The lowest BCUT2D eigenvalue weighted by Crippen LogP contribution is -2.28. The smallest absolute Gasteiger partial charge is 0.241 e. The third-order valence-electron chi connectivity index (χ3n) is 5.19. The Labute approximate surface area is 166 Å². The first-order chi connectivity index (χ1) is 13.2. The van der Waals surface area contributed by atoms with Crippen LogP contribution in [0.25, 0.3) is 0 Å². The minimum absolute atomic E-state index is 0.0238. The number of carbonyl (C=O) groups excluding carboxylic acids is 1. The van der Waals surface area contributed by atoms with Crippen LogP contribution in [0.3, 0.4) is 0 Å². The zero-order valence-corrected chi connectivity index (χ0v) is 17.5. The van der Waals surface area contributed by atoms with E-state index in [1.165, 1.54) is 19.2 Å². The van der Waals surface area contributed by atoms with Crippen LogP contribution in [-0.4, -0.2) is 28.0 Å². The van der Waals surface area contributed by atoms with Crippen LogP contribution in [0.5, 0.6) is 5.75 Å². The number of ether oxygens (including phenoxy) is 1. The van der Waals surface area contributed by atoms with Gasteiger partial charge in [0, 0.05) is 19.0 Å². The topological polar surface area (TPSA) is 75.7 Å². The standard InChI is InChI=1S/C21H26N2O4S/c1-14-7-8-17(12-15(14)2)16(3)22-28(25,26)18-9-10-20(27-4)19(13-18)23-11-5-6-21(23)24/h7-10,12-13,16,22H,5-6,11H2,1-4H3/t16-/m0/s1. The SMILES string of the molecule is COc1ccc(S(=O)(=O)N[C@@H](C)c2ccc(C)c(C)c2)cc1N1CCCC1=O. The minimum atomic E-state index is -3.77. The maximum atomic E-state index is 13.0. The summed E-state index contributed by atoms with van der Waals surface area (Å²) in [5.74, 6) is 0.459. The highest BCUT2D eigenvalue weighted by molar-refractivity contribution is 7.89. The molecular weight excluding hydrogens is 376 g/mol. The first-order valence-electron chi connectivity index (χ1n) is 9.31. The predicted molar refractivity (Wildman–Crippen MR) is 109 cm³/mol. The lowest BCUT2D eigenvalue weighted by Gasteiger charge is -2.21. The van der Waals surface area contributed by atoms with E-state index in [0.717, 1.165) is 23.1 Å². The van der Waals surface area contributed by atoms with Crippen LogP contribution in [0.2, 0.25) is 0 Å². The summed E-state index contributed by atoms with van der Waals surface area (Å²) in [4.78, 5) is 13.8. The third-order valence-corrected chi connectivity index (χ3v) is 6.73. The van der Waals surface area contributed by atoms with Crippen molar-refractivity contribution >= 4 is 21.6 Å². The summed E-state index contributed by atoms with van der Waals surface area (Å²) >= 11 is 0. The van der Waals surface area contributed by atoms with Crippen LogP contribution in [-0.2, 0) is 14.8 Å². The molecule has 1 fully saturated rings. The molecule has 2 aromatic rings. The first-order valence-corrected chi connectivity index (χ1v) is 10.8. The van der Waals surface area contributed by atoms with Crippen molar-refractivity contribution in [3.63, 3.8) is 0 Å². The zero-order chi connectivity index (χ0) is 20.5. The van der Waals surface area contributed by atoms with Gasteiger partial charge in [-0.2, -0.15) is 0 Å². The summed E-state index contributed by atoms with van der Waals surface area (Å²) < 4.78 is 34.0. The van der Waals surface area contributed by atoms with Gasteiger partial charge in [-0.3, -0.25) is 4.79 Å². The van der Waals surface area contributed by atoms with Crippen molar-refractivity contribution in [2.45, 2.75) is 44.6 Å². The van der Waals surface area contributed by atoms with E-state index < -0.39 is 10.0 Å². The normalized spacial score (nSPS) is 15.7. The van der Waals surface area contributed by atoms with Gasteiger partial charge in [0.15, 0.2) is 0 Å². The van der Waals surface area contributed by atoms with Crippen molar-refractivity contribution in [2.75, 3.05) is 18.6 Å². The third kappa shape index (κ3) is 4.05. The van der Waals surface area contributed by atoms with Crippen LogP contribution >= 0.6 is 0 Å². The van der Waals surface area contributed by atoms with E-state index in [1.807, 2.05) is 39.0 Å². The van der Waals surface area contributed by atoms with Crippen molar-refractivity contribution < 1.29 is 17.9 Å². The number of anilines is 1. The second-order valence-corrected chi connectivity index (χ2v) is 8.88. The highest BCUT2D eigenvalue weighted by Gasteiger charge is 2.27. The molecule has 28 heavy (non-hydrogen) atoms. The number of amides is 1. The van der Waals surface area contributed by atoms with Crippen molar-refractivity contribution in [3.05, 3.63) is 53.1 Å². The number of hydrogen-bond acceptors (Lipinski definition) is 4. The van der Waals surface area contributed by atoms with Gasteiger partial charge in [0.05, 0.1) is 17.7 Å². The van der Waals surface area contributed by atoms with E-state index in [-0.39, 0.29) is 16.8 Å². The molecule has 1 amide bonds. The largest absolute Gasteiger partial charge is 0.495 e. The molecule has 0 unspecified atom stereocenters. The lowest BCUT2D eigenvalue weighted by atomic mass is 10.0. The van der Waals surface area contributed by atoms with Gasteiger partial charge in [0.1, 0.15) is 5.75 Å². The molecule has 1 N–H and O–H groups in total. The Hall–Kier alpha value is -2.38. The molecule has 7 heteroatoms. The maximum absolute atomic E-state index is 13.0. The van der Waals surface area contributed by atoms with Crippen LogP contribution < -0.4 is 14.4 Å². The molecule has 0 radical (unpaired) electrons. The van der Waals surface area contributed by atoms with Gasteiger partial charge in [0.2, 0.25) is 15.9 Å². The van der Waals surface area contributed by atoms with E-state index in [4.69, 9.17) is 4.74 Å². The van der Waals surface area contributed by atoms with Crippen molar-refractivity contribution in [3.8, 4) is 5.75 Å². The van der Waals surface area contributed by atoms with Gasteiger partial charge in [-0.05, 0) is 62.1 Å². The summed E-state index contributed by atoms with van der Waals surface area (Å²) in [5.41, 5.74) is 3.67. The second-order valence-electron chi connectivity index (χ2n) is 7.17. The van der Waals surface area contributed by atoms with Crippen molar-refractivity contribution in [2.24, 2.45) is 0 Å². The Bertz CT molecular complexity index is 1000. The van der Waals surface area contributed by atoms with Gasteiger partial charge >= 0.3 is 0 Å². The van der Waals surface area contributed by atoms with Gasteiger partial charge in [0.25, 0.3) is 0 Å². The molecule has 0 aromatic heterocycles. The quantitative estimate of drug-likeness (QED) is 0.803. The number of nitrogens with one attached hydrogen (secondary N) is 1. The van der Waals surface area contributed by atoms with Gasteiger partial charge in [-0.15, -0.1) is 0 Å². The minimum Gasteiger partial charge on any atom is -0.495 e. The van der Waals surface area contributed by atoms with Gasteiger partial charge < -0.3 is 9.64 Å². The average molecular weight is 403 g/mol. The van der Waals surface area contributed by atoms with E-state index in [0.29, 0.717) is 24.4 Å². The summed E-state index contributed by atoms with van der Waals surface area (Å²) in [5, 5.41) is 0. The Morgan fingerprint density at radius 1 is 1.11 bits per heavy atom. The lowest BCUT2D eigenvalue weighted by molar-refractivity contribution is -0.117. The van der Waals surface area contributed by atoms with Crippen LogP contribution in [0.15, 0.2) is 41.3 Å². The van der Waals surface area contributed by atoms with E-state index in [2.05, 4.69) is 4.72 Å². The number of benzene rings is 2. The molecule has 0 spiro atoms. The fraction of sp³-hybridized carbons (Fsp3) is 0.381. The number of carbonyl (C=O) groups is 1. The van der Waals surface area contributed by atoms with E-state index in [1.54, 1.807) is 11.0 Å². The number of sulfonamides is 1. The molecule has 0 saturated carbocycles. The predicted octanol–water partition coefficient (Wildman–Crippen LogP) is 3.48. The first kappa shape index (κ1) is 20.4. The van der Waals surface area contributed by atoms with E-state index in [9.17, 15) is 13.2 Å². The van der Waals surface area contributed by atoms with Gasteiger partial charge in [-0.25, -0.2) is 13.1 Å². The molecule has 3 rings (SSSR count). The second kappa shape index (κ2) is 7.93. The number of aryl methyl sites for hydroxylation is 2. The maximum Gasteiger partial charge on any atom is 0.241 e. The van der Waals surface area contributed by atoms with Gasteiger partial charge in [-0.1, -0.05) is 18.2 Å². The van der Waals surface area contributed by atoms with E-state index >= 15 is 0 Å². The molecule has 2 aromatic carbocycles. The highest BCUT2D eigenvalue weighted by atomic mass is 32.2. The fourth-order valence-corrected chi connectivity index (χ4v) is 4.61. The Morgan fingerprint density at radius 3 is 2.46 bits per heavy atom. The molecule has 1 aliphatic heterocycles. The molecule has 0 bridgehead atoms. The summed E-state index contributed by atoms with van der Waals surface area (Å²) in [6.07, 6.45) is 1.21. The number of hydrogen-bond donors (Lipinski definition) is 1. The molecular formula is C21H26N2O4S. The molecule has 1 aliphatic rings. The van der Waals surface area contributed by atoms with Crippen molar-refractivity contribution in [1.82, 2.24) is 4.72 Å². The Kier molecular flexibility index (Phi) is 5.76. The number of rotatable bonds is 6. The molecule has 1 saturated heterocycles. The summed E-state index contributed by atoms with van der Waals surface area (Å²) in [6, 6.07) is 10.1.